The summed E-state index contributed by atoms with van der Waals surface area (Å²) in [7, 11) is 0. The Bertz CT molecular complexity index is 433. The molecule has 1 saturated carbocycles. The highest BCUT2D eigenvalue weighted by Gasteiger charge is 2.23. The fourth-order valence-electron chi connectivity index (χ4n) is 2.76. The van der Waals surface area contributed by atoms with Gasteiger partial charge in [-0.1, -0.05) is 25.0 Å². The Kier molecular flexibility index (Phi) is 4.93. The van der Waals surface area contributed by atoms with Gasteiger partial charge in [0.1, 0.15) is 0 Å². The summed E-state index contributed by atoms with van der Waals surface area (Å²) < 4.78 is 0. The average molecular weight is 263 g/mol. The number of benzene rings is 1. The molecule has 4 nitrogen and oxygen atoms in total. The van der Waals surface area contributed by atoms with Gasteiger partial charge in [0.25, 0.3) is 0 Å². The summed E-state index contributed by atoms with van der Waals surface area (Å²) >= 11 is 0. The molecular formula is C15H21NO3. The van der Waals surface area contributed by atoms with E-state index in [0.29, 0.717) is 24.1 Å². The van der Waals surface area contributed by atoms with Gasteiger partial charge in [0.15, 0.2) is 0 Å². The first-order chi connectivity index (χ1) is 9.20. The van der Waals surface area contributed by atoms with Crippen LogP contribution < -0.4 is 5.32 Å². The van der Waals surface area contributed by atoms with Crippen LogP contribution in [0.15, 0.2) is 24.3 Å². The topological polar surface area (TPSA) is 69.6 Å². The van der Waals surface area contributed by atoms with Crippen molar-refractivity contribution in [1.82, 2.24) is 5.32 Å². The quantitative estimate of drug-likeness (QED) is 0.760. The van der Waals surface area contributed by atoms with E-state index in [1.807, 2.05) is 6.07 Å². The Morgan fingerprint density at radius 2 is 2.11 bits per heavy atom. The molecule has 4 heteroatoms. The van der Waals surface area contributed by atoms with E-state index in [-0.39, 0.29) is 6.61 Å². The molecule has 104 valence electrons. The minimum atomic E-state index is -0.896. The molecule has 0 bridgehead atoms. The van der Waals surface area contributed by atoms with Crippen LogP contribution >= 0.6 is 0 Å². The number of hydrogen-bond donors (Lipinski definition) is 3. The number of nitrogens with one attached hydrogen (secondary N) is 1. The SMILES string of the molecule is O=C(O)c1cccc(CNC2CCCCC2CO)c1. The average Bonchev–Trinajstić information content (AvgIpc) is 2.45. The number of carboxylic acids is 1. The molecule has 0 heterocycles. The van der Waals surface area contributed by atoms with Crippen LogP contribution in [0.3, 0.4) is 0 Å². The number of aromatic carboxylic acids is 1. The molecule has 2 rings (SSSR count). The lowest BCUT2D eigenvalue weighted by Crippen LogP contribution is -2.39. The molecule has 1 aromatic carbocycles. The summed E-state index contributed by atoms with van der Waals surface area (Å²) in [6, 6.07) is 7.34. The van der Waals surface area contributed by atoms with Crippen molar-refractivity contribution < 1.29 is 15.0 Å². The second kappa shape index (κ2) is 6.68. The van der Waals surface area contributed by atoms with E-state index in [2.05, 4.69) is 5.32 Å². The number of carbonyl (C=O) groups is 1. The lowest BCUT2D eigenvalue weighted by Gasteiger charge is -2.31. The zero-order chi connectivity index (χ0) is 13.7. The zero-order valence-electron chi connectivity index (χ0n) is 11.0. The van der Waals surface area contributed by atoms with E-state index in [9.17, 15) is 9.90 Å². The largest absolute Gasteiger partial charge is 0.478 e. The highest BCUT2D eigenvalue weighted by Crippen LogP contribution is 2.24. The minimum Gasteiger partial charge on any atom is -0.478 e. The Balaban J connectivity index is 1.94. The summed E-state index contributed by atoms with van der Waals surface area (Å²) in [5.74, 6) is -0.566. The van der Waals surface area contributed by atoms with E-state index in [1.54, 1.807) is 18.2 Å². The maximum absolute atomic E-state index is 10.9. The predicted octanol–water partition coefficient (Wildman–Crippen LogP) is 2.03. The molecule has 0 saturated heterocycles. The Morgan fingerprint density at radius 3 is 2.84 bits per heavy atom. The summed E-state index contributed by atoms with van der Waals surface area (Å²) in [6.07, 6.45) is 4.55. The lowest BCUT2D eigenvalue weighted by atomic mass is 9.85. The smallest absolute Gasteiger partial charge is 0.335 e. The normalized spacial score (nSPS) is 23.2. The molecule has 1 fully saturated rings. The molecule has 2 atom stereocenters. The monoisotopic (exact) mass is 263 g/mol. The molecule has 0 spiro atoms. The van der Waals surface area contributed by atoms with E-state index in [4.69, 9.17) is 5.11 Å². The van der Waals surface area contributed by atoms with Crippen molar-refractivity contribution in [2.24, 2.45) is 5.92 Å². The standard InChI is InChI=1S/C15H21NO3/c17-10-13-5-1-2-7-14(13)16-9-11-4-3-6-12(8-11)15(18)19/h3-4,6,8,13-14,16-17H,1-2,5,7,9-10H2,(H,18,19). The van der Waals surface area contributed by atoms with Crippen molar-refractivity contribution in [3.8, 4) is 0 Å². The van der Waals surface area contributed by atoms with Crippen LogP contribution in [0.1, 0.15) is 41.6 Å². The number of hydrogen-bond acceptors (Lipinski definition) is 3. The zero-order valence-corrected chi connectivity index (χ0v) is 11.0. The van der Waals surface area contributed by atoms with Crippen LogP contribution in [0, 0.1) is 5.92 Å². The Labute approximate surface area is 113 Å². The third-order valence-corrected chi connectivity index (χ3v) is 3.89. The number of carboxylic acid groups (broad SMARTS) is 1. The third kappa shape index (κ3) is 3.78. The van der Waals surface area contributed by atoms with Crippen LogP contribution in [0.2, 0.25) is 0 Å². The molecule has 0 aromatic heterocycles. The molecule has 1 aliphatic rings. The molecule has 2 unspecified atom stereocenters. The van der Waals surface area contributed by atoms with Crippen molar-refractivity contribution in [3.05, 3.63) is 35.4 Å². The first-order valence-electron chi connectivity index (χ1n) is 6.87. The fraction of sp³-hybridized carbons (Fsp3) is 0.533. The molecule has 0 aliphatic heterocycles. The molecule has 3 N–H and O–H groups in total. The van der Waals surface area contributed by atoms with Crippen molar-refractivity contribution in [1.29, 1.82) is 0 Å². The molecule has 1 aliphatic carbocycles. The predicted molar refractivity (Wildman–Crippen MR) is 73.1 cm³/mol. The van der Waals surface area contributed by atoms with Gasteiger partial charge in [-0.2, -0.15) is 0 Å². The molecule has 0 amide bonds. The summed E-state index contributed by atoms with van der Waals surface area (Å²) in [6.45, 7) is 0.884. The van der Waals surface area contributed by atoms with Gasteiger partial charge in [0.2, 0.25) is 0 Å². The van der Waals surface area contributed by atoms with E-state index in [1.165, 1.54) is 12.8 Å². The summed E-state index contributed by atoms with van der Waals surface area (Å²) in [4.78, 5) is 10.9. The number of aliphatic hydroxyl groups excluding tert-OH is 1. The van der Waals surface area contributed by atoms with Crippen molar-refractivity contribution in [2.45, 2.75) is 38.3 Å². The highest BCUT2D eigenvalue weighted by atomic mass is 16.4. The van der Waals surface area contributed by atoms with Gasteiger partial charge in [-0.25, -0.2) is 4.79 Å². The number of rotatable bonds is 5. The van der Waals surface area contributed by atoms with Gasteiger partial charge < -0.3 is 15.5 Å². The molecule has 0 radical (unpaired) electrons. The van der Waals surface area contributed by atoms with Gasteiger partial charge in [0.05, 0.1) is 5.56 Å². The van der Waals surface area contributed by atoms with Gasteiger partial charge in [0, 0.05) is 19.2 Å². The van der Waals surface area contributed by atoms with Crippen LogP contribution in [-0.2, 0) is 6.54 Å². The maximum atomic E-state index is 10.9. The van der Waals surface area contributed by atoms with Crippen molar-refractivity contribution in [2.75, 3.05) is 6.61 Å². The first-order valence-corrected chi connectivity index (χ1v) is 6.87. The summed E-state index contributed by atoms with van der Waals surface area (Å²) in [5.41, 5.74) is 1.30. The Morgan fingerprint density at radius 1 is 1.32 bits per heavy atom. The van der Waals surface area contributed by atoms with E-state index in [0.717, 1.165) is 18.4 Å². The van der Waals surface area contributed by atoms with Gasteiger partial charge in [-0.15, -0.1) is 0 Å². The first kappa shape index (κ1) is 14.0. The molecule has 1 aromatic rings. The van der Waals surface area contributed by atoms with Crippen molar-refractivity contribution >= 4 is 5.97 Å². The van der Waals surface area contributed by atoms with E-state index < -0.39 is 5.97 Å². The lowest BCUT2D eigenvalue weighted by molar-refractivity contribution is 0.0696. The van der Waals surface area contributed by atoms with Gasteiger partial charge >= 0.3 is 5.97 Å². The third-order valence-electron chi connectivity index (χ3n) is 3.89. The summed E-state index contributed by atoms with van der Waals surface area (Å²) in [5, 5.41) is 21.8. The fourth-order valence-corrected chi connectivity index (χ4v) is 2.76. The van der Waals surface area contributed by atoms with Crippen molar-refractivity contribution in [3.63, 3.8) is 0 Å². The van der Waals surface area contributed by atoms with Gasteiger partial charge in [-0.3, -0.25) is 0 Å². The van der Waals surface area contributed by atoms with Crippen LogP contribution in [0.25, 0.3) is 0 Å². The molecule has 19 heavy (non-hydrogen) atoms. The maximum Gasteiger partial charge on any atom is 0.335 e. The second-order valence-corrected chi connectivity index (χ2v) is 5.22. The van der Waals surface area contributed by atoms with Crippen LogP contribution in [0.5, 0.6) is 0 Å². The highest BCUT2D eigenvalue weighted by molar-refractivity contribution is 5.87. The molecular weight excluding hydrogens is 242 g/mol. The second-order valence-electron chi connectivity index (χ2n) is 5.22. The Hall–Kier alpha value is -1.39. The van der Waals surface area contributed by atoms with Crippen LogP contribution in [-0.4, -0.2) is 28.8 Å². The van der Waals surface area contributed by atoms with E-state index >= 15 is 0 Å². The minimum absolute atomic E-state index is 0.229. The number of aliphatic hydroxyl groups is 1. The van der Waals surface area contributed by atoms with Crippen LogP contribution in [0.4, 0.5) is 0 Å². The van der Waals surface area contributed by atoms with Gasteiger partial charge in [-0.05, 0) is 36.5 Å².